The Bertz CT molecular complexity index is 669. The fourth-order valence-electron chi connectivity index (χ4n) is 6.68. The zero-order valence-corrected chi connectivity index (χ0v) is 15.6. The van der Waals surface area contributed by atoms with Crippen LogP contribution in [0.2, 0.25) is 0 Å². The third kappa shape index (κ3) is 2.37. The standard InChI is InChI=1S/C21H32N2O2/c1-13-4-5-17-16(12-25)18(6-7-20(13,17)2)21(3)9-14-10-22-23-19(14)8-15(21)11-24/h10,15-18,24-25H,1,4-9,11-12H2,2-3H3,(H,22,23)/t15-,16+,17+,18+,20?,21+/m1/s1. The average Bonchev–Trinajstić information content (AvgIpc) is 3.17. The first-order valence-corrected chi connectivity index (χ1v) is 9.85. The molecule has 0 bridgehead atoms. The van der Waals surface area contributed by atoms with Gasteiger partial charge in [0.2, 0.25) is 0 Å². The first-order valence-electron chi connectivity index (χ1n) is 9.85. The van der Waals surface area contributed by atoms with Crippen molar-refractivity contribution in [1.29, 1.82) is 0 Å². The van der Waals surface area contributed by atoms with Crippen LogP contribution in [-0.4, -0.2) is 33.6 Å². The molecule has 3 aliphatic carbocycles. The van der Waals surface area contributed by atoms with Crippen LogP contribution in [0.15, 0.2) is 18.3 Å². The number of aliphatic hydroxyl groups excluding tert-OH is 2. The van der Waals surface area contributed by atoms with Crippen LogP contribution < -0.4 is 0 Å². The number of allylic oxidation sites excluding steroid dienone is 1. The second-order valence-corrected chi connectivity index (χ2v) is 9.30. The highest BCUT2D eigenvalue weighted by Crippen LogP contribution is 2.62. The Morgan fingerprint density at radius 3 is 2.76 bits per heavy atom. The summed E-state index contributed by atoms with van der Waals surface area (Å²) in [5.74, 6) is 1.52. The lowest BCUT2D eigenvalue weighted by atomic mass is 9.49. The van der Waals surface area contributed by atoms with Gasteiger partial charge in [0.05, 0.1) is 6.20 Å². The van der Waals surface area contributed by atoms with E-state index in [1.165, 1.54) is 23.3 Å². The second kappa shape index (κ2) is 5.95. The van der Waals surface area contributed by atoms with Crippen LogP contribution >= 0.6 is 0 Å². The van der Waals surface area contributed by atoms with Gasteiger partial charge in [-0.2, -0.15) is 5.10 Å². The highest BCUT2D eigenvalue weighted by molar-refractivity contribution is 5.26. The fraction of sp³-hybridized carbons (Fsp3) is 0.762. The maximum absolute atomic E-state index is 10.4. The molecule has 1 aromatic rings. The van der Waals surface area contributed by atoms with Gasteiger partial charge in [0.1, 0.15) is 0 Å². The zero-order chi connectivity index (χ0) is 17.8. The van der Waals surface area contributed by atoms with Crippen LogP contribution in [0.3, 0.4) is 0 Å². The lowest BCUT2D eigenvalue weighted by Gasteiger charge is -2.55. The summed E-state index contributed by atoms with van der Waals surface area (Å²) in [6.07, 6.45) is 8.34. The predicted octanol–water partition coefficient (Wildman–Crippen LogP) is 3.11. The molecule has 2 saturated carbocycles. The zero-order valence-electron chi connectivity index (χ0n) is 15.6. The number of hydrogen-bond donors (Lipinski definition) is 3. The van der Waals surface area contributed by atoms with E-state index in [2.05, 4.69) is 30.6 Å². The number of rotatable bonds is 3. The SMILES string of the molecule is C=C1CC[C@H]2[C@H](CO)[C@@H]([C@@]3(C)Cc4cn[nH]c4C[C@@H]3CO)CCC12C. The van der Waals surface area contributed by atoms with Crippen LogP contribution in [0, 0.1) is 34.5 Å². The van der Waals surface area contributed by atoms with Crippen LogP contribution in [-0.2, 0) is 12.8 Å². The Balaban J connectivity index is 1.69. The summed E-state index contributed by atoms with van der Waals surface area (Å²) in [5, 5.41) is 27.8. The normalized spacial score (nSPS) is 43.8. The Hall–Kier alpha value is -1.13. The van der Waals surface area contributed by atoms with Crippen LogP contribution in [0.1, 0.15) is 50.8 Å². The van der Waals surface area contributed by atoms with Gasteiger partial charge in [0.25, 0.3) is 0 Å². The van der Waals surface area contributed by atoms with Crippen molar-refractivity contribution < 1.29 is 10.2 Å². The lowest BCUT2D eigenvalue weighted by molar-refractivity contribution is -0.0737. The number of H-pyrrole nitrogens is 1. The van der Waals surface area contributed by atoms with E-state index >= 15 is 0 Å². The third-order valence-corrected chi connectivity index (χ3v) is 8.43. The molecule has 0 saturated heterocycles. The van der Waals surface area contributed by atoms with E-state index in [0.29, 0.717) is 17.8 Å². The minimum Gasteiger partial charge on any atom is -0.396 e. The number of nitrogens with zero attached hydrogens (tertiary/aromatic N) is 1. The van der Waals surface area contributed by atoms with Crippen LogP contribution in [0.4, 0.5) is 0 Å². The summed E-state index contributed by atoms with van der Waals surface area (Å²) in [6.45, 7) is 9.53. The molecule has 1 aromatic heterocycles. The third-order valence-electron chi connectivity index (χ3n) is 8.43. The van der Waals surface area contributed by atoms with Crippen molar-refractivity contribution in [3.05, 3.63) is 29.6 Å². The lowest BCUT2D eigenvalue weighted by Crippen LogP contribution is -2.52. The van der Waals surface area contributed by atoms with Gasteiger partial charge in [0, 0.05) is 18.9 Å². The fourth-order valence-corrected chi connectivity index (χ4v) is 6.68. The van der Waals surface area contributed by atoms with Crippen molar-refractivity contribution >= 4 is 0 Å². The molecule has 4 heteroatoms. The molecule has 1 unspecified atom stereocenters. The summed E-state index contributed by atoms with van der Waals surface area (Å²) in [5.41, 5.74) is 4.09. The molecule has 3 aliphatic rings. The monoisotopic (exact) mass is 344 g/mol. The molecule has 0 aliphatic heterocycles. The number of aromatic nitrogens is 2. The van der Waals surface area contributed by atoms with Gasteiger partial charge >= 0.3 is 0 Å². The van der Waals surface area contributed by atoms with E-state index in [0.717, 1.165) is 32.1 Å². The first-order chi connectivity index (χ1) is 11.9. The number of nitrogens with one attached hydrogen (secondary N) is 1. The van der Waals surface area contributed by atoms with Crippen molar-refractivity contribution in [1.82, 2.24) is 10.2 Å². The molecule has 0 amide bonds. The van der Waals surface area contributed by atoms with Gasteiger partial charge in [-0.05, 0) is 78.6 Å². The molecule has 1 heterocycles. The predicted molar refractivity (Wildman–Crippen MR) is 97.9 cm³/mol. The van der Waals surface area contributed by atoms with Crippen LogP contribution in [0.5, 0.6) is 0 Å². The van der Waals surface area contributed by atoms with Gasteiger partial charge in [-0.3, -0.25) is 5.10 Å². The molecular formula is C21H32N2O2. The molecule has 4 rings (SSSR count). The molecule has 3 N–H and O–H groups in total. The Kier molecular flexibility index (Phi) is 4.12. The van der Waals surface area contributed by atoms with Crippen molar-refractivity contribution in [3.63, 3.8) is 0 Å². The molecule has 0 spiro atoms. The van der Waals surface area contributed by atoms with E-state index in [1.54, 1.807) is 0 Å². The van der Waals surface area contributed by atoms with E-state index in [-0.39, 0.29) is 30.0 Å². The molecule has 0 radical (unpaired) electrons. The maximum atomic E-state index is 10.4. The van der Waals surface area contributed by atoms with Gasteiger partial charge in [0.15, 0.2) is 0 Å². The molecule has 4 nitrogen and oxygen atoms in total. The second-order valence-electron chi connectivity index (χ2n) is 9.30. The molecule has 6 atom stereocenters. The Morgan fingerprint density at radius 2 is 2.04 bits per heavy atom. The summed E-state index contributed by atoms with van der Waals surface area (Å²) >= 11 is 0. The van der Waals surface area contributed by atoms with Gasteiger partial charge in [-0.15, -0.1) is 0 Å². The number of aromatic amines is 1. The topological polar surface area (TPSA) is 69.1 Å². The number of hydrogen-bond acceptors (Lipinski definition) is 3. The Labute approximate surface area is 150 Å². The van der Waals surface area contributed by atoms with Gasteiger partial charge < -0.3 is 10.2 Å². The van der Waals surface area contributed by atoms with Crippen molar-refractivity contribution in [2.45, 2.75) is 52.4 Å². The number of fused-ring (bicyclic) bond motifs is 2. The van der Waals surface area contributed by atoms with Crippen LogP contribution in [0.25, 0.3) is 0 Å². The van der Waals surface area contributed by atoms with Crippen molar-refractivity contribution in [3.8, 4) is 0 Å². The summed E-state index contributed by atoms with van der Waals surface area (Å²) in [4.78, 5) is 0. The molecule has 138 valence electrons. The maximum Gasteiger partial charge on any atom is 0.0522 e. The summed E-state index contributed by atoms with van der Waals surface area (Å²) < 4.78 is 0. The highest BCUT2D eigenvalue weighted by Gasteiger charge is 2.56. The van der Waals surface area contributed by atoms with Gasteiger partial charge in [-0.25, -0.2) is 0 Å². The van der Waals surface area contributed by atoms with Crippen molar-refractivity contribution in [2.75, 3.05) is 13.2 Å². The summed E-state index contributed by atoms with van der Waals surface area (Å²) in [6, 6.07) is 0. The average molecular weight is 344 g/mol. The van der Waals surface area contributed by atoms with E-state index < -0.39 is 0 Å². The van der Waals surface area contributed by atoms with E-state index in [1.807, 2.05) is 6.20 Å². The molecule has 0 aromatic carbocycles. The number of aliphatic hydroxyl groups is 2. The van der Waals surface area contributed by atoms with E-state index in [4.69, 9.17) is 0 Å². The quantitative estimate of drug-likeness (QED) is 0.738. The minimum absolute atomic E-state index is 0.0181. The van der Waals surface area contributed by atoms with Crippen molar-refractivity contribution in [2.24, 2.45) is 34.5 Å². The molecular weight excluding hydrogens is 312 g/mol. The molecule has 25 heavy (non-hydrogen) atoms. The summed E-state index contributed by atoms with van der Waals surface area (Å²) in [7, 11) is 0. The smallest absolute Gasteiger partial charge is 0.0522 e. The van der Waals surface area contributed by atoms with E-state index in [9.17, 15) is 10.2 Å². The first kappa shape index (κ1) is 17.3. The van der Waals surface area contributed by atoms with Gasteiger partial charge in [-0.1, -0.05) is 26.0 Å². The Morgan fingerprint density at radius 1 is 1.24 bits per heavy atom. The largest absolute Gasteiger partial charge is 0.396 e. The molecule has 2 fully saturated rings. The highest BCUT2D eigenvalue weighted by atomic mass is 16.3. The minimum atomic E-state index is 0.0181.